The third-order valence-electron chi connectivity index (χ3n) is 6.94. The Morgan fingerprint density at radius 3 is 2.46 bits per heavy atom. The molecule has 1 fully saturated rings. The van der Waals surface area contributed by atoms with Crippen molar-refractivity contribution in [3.8, 4) is 0 Å². The van der Waals surface area contributed by atoms with Gasteiger partial charge in [0.25, 0.3) is 0 Å². The van der Waals surface area contributed by atoms with E-state index < -0.39 is 11.7 Å². The summed E-state index contributed by atoms with van der Waals surface area (Å²) in [6, 6.07) is 11.1. The number of nitrogens with zero attached hydrogens (tertiary/aromatic N) is 4. The van der Waals surface area contributed by atoms with Crippen molar-refractivity contribution in [3.63, 3.8) is 0 Å². The molecule has 9 heteroatoms. The van der Waals surface area contributed by atoms with Crippen molar-refractivity contribution in [2.45, 2.75) is 58.4 Å². The monoisotopic (exact) mass is 537 g/mol. The number of benzene rings is 1. The molecule has 0 radical (unpaired) electrons. The highest BCUT2D eigenvalue weighted by molar-refractivity contribution is 5.92. The number of hydrogen-bond acceptors (Lipinski definition) is 5. The Bertz CT molecular complexity index is 1280. The summed E-state index contributed by atoms with van der Waals surface area (Å²) in [5.74, 6) is -0.180. The van der Waals surface area contributed by atoms with Gasteiger partial charge >= 0.3 is 6.18 Å². The van der Waals surface area contributed by atoms with E-state index in [9.17, 15) is 18.0 Å². The summed E-state index contributed by atoms with van der Waals surface area (Å²) in [6.45, 7) is 8.44. The molecule has 1 aliphatic heterocycles. The lowest BCUT2D eigenvalue weighted by Crippen LogP contribution is -2.48. The van der Waals surface area contributed by atoms with Gasteiger partial charge < -0.3 is 15.1 Å². The van der Waals surface area contributed by atoms with Crippen LogP contribution in [0.4, 0.5) is 24.5 Å². The Labute approximate surface area is 227 Å². The van der Waals surface area contributed by atoms with Crippen LogP contribution in [0.15, 0.2) is 67.1 Å². The van der Waals surface area contributed by atoms with Crippen LogP contribution in [0.25, 0.3) is 6.08 Å². The van der Waals surface area contributed by atoms with Crippen molar-refractivity contribution < 1.29 is 18.0 Å². The third kappa shape index (κ3) is 7.89. The van der Waals surface area contributed by atoms with E-state index in [1.54, 1.807) is 24.7 Å². The zero-order valence-electron chi connectivity index (χ0n) is 22.4. The molecule has 0 aliphatic carbocycles. The molecule has 4 rings (SSSR count). The van der Waals surface area contributed by atoms with Gasteiger partial charge in [-0.3, -0.25) is 14.8 Å². The highest BCUT2D eigenvalue weighted by Gasteiger charge is 2.30. The minimum Gasteiger partial charge on any atom is -0.354 e. The molecule has 206 valence electrons. The molecular formula is C30H34F3N5O. The fraction of sp³-hybridized carbons (Fsp3) is 0.367. The maximum absolute atomic E-state index is 13.5. The van der Waals surface area contributed by atoms with Crippen LogP contribution in [-0.2, 0) is 17.5 Å². The van der Waals surface area contributed by atoms with Gasteiger partial charge in [0.15, 0.2) is 0 Å². The molecule has 0 atom stereocenters. The number of pyridine rings is 2. The smallest absolute Gasteiger partial charge is 0.354 e. The Morgan fingerprint density at radius 1 is 1.10 bits per heavy atom. The number of amides is 1. The maximum Gasteiger partial charge on any atom is 0.416 e. The van der Waals surface area contributed by atoms with Crippen LogP contribution < -0.4 is 5.32 Å². The van der Waals surface area contributed by atoms with Gasteiger partial charge in [0.2, 0.25) is 5.91 Å². The van der Waals surface area contributed by atoms with Gasteiger partial charge in [0, 0.05) is 61.6 Å². The highest BCUT2D eigenvalue weighted by Crippen LogP contribution is 2.29. The third-order valence-corrected chi connectivity index (χ3v) is 6.94. The van der Waals surface area contributed by atoms with Crippen LogP contribution >= 0.6 is 0 Å². The number of carbonyl (C=O) groups excluding carboxylic acids is 1. The number of piperidine rings is 1. The summed E-state index contributed by atoms with van der Waals surface area (Å²) in [5, 5.41) is 3.34. The van der Waals surface area contributed by atoms with Gasteiger partial charge in [-0.25, -0.2) is 0 Å². The fourth-order valence-electron chi connectivity index (χ4n) is 4.78. The second-order valence-corrected chi connectivity index (χ2v) is 10.2. The Balaban J connectivity index is 1.52. The first-order valence-corrected chi connectivity index (χ1v) is 13.1. The highest BCUT2D eigenvalue weighted by atomic mass is 19.4. The second-order valence-electron chi connectivity index (χ2n) is 10.2. The van der Waals surface area contributed by atoms with Crippen LogP contribution in [-0.4, -0.2) is 50.8 Å². The van der Waals surface area contributed by atoms with Crippen LogP contribution in [0.1, 0.15) is 49.1 Å². The van der Waals surface area contributed by atoms with Crippen molar-refractivity contribution in [2.75, 3.05) is 18.4 Å². The average Bonchev–Trinajstić information content (AvgIpc) is 2.90. The van der Waals surface area contributed by atoms with Gasteiger partial charge in [0.1, 0.15) is 0 Å². The molecule has 6 nitrogen and oxygen atoms in total. The van der Waals surface area contributed by atoms with Crippen molar-refractivity contribution in [3.05, 3.63) is 89.5 Å². The predicted octanol–water partition coefficient (Wildman–Crippen LogP) is 6.46. The van der Waals surface area contributed by atoms with E-state index >= 15 is 0 Å². The van der Waals surface area contributed by atoms with Gasteiger partial charge in [0.05, 0.1) is 17.4 Å². The number of alkyl halides is 3. The molecule has 3 heterocycles. The molecule has 0 saturated carbocycles. The zero-order valence-corrected chi connectivity index (χ0v) is 22.4. The molecule has 2 aromatic heterocycles. The minimum absolute atomic E-state index is 0.0456. The standard InChI is InChI=1S/C30H34F3N5O/c1-21(2)37-14-11-28(12-15-37)38(29(39)9-6-23-4-7-25(8-5-23)30(31,32)33)20-24-17-27(19-34-18-24)36-26-10-13-35-22(3)16-26/h4-10,13,16-19,21,28H,11-12,14-15,20H2,1-3H3,(H,35,36)/b9-6+. The van der Waals surface area contributed by atoms with E-state index in [1.165, 1.54) is 18.2 Å². The first-order chi connectivity index (χ1) is 18.6. The summed E-state index contributed by atoms with van der Waals surface area (Å²) in [5.41, 5.74) is 3.30. The van der Waals surface area contributed by atoms with Crippen LogP contribution in [0.3, 0.4) is 0 Å². The van der Waals surface area contributed by atoms with E-state index in [2.05, 4.69) is 34.0 Å². The van der Waals surface area contributed by atoms with Gasteiger partial charge in [-0.1, -0.05) is 12.1 Å². The Kier molecular flexibility index (Phi) is 9.01. The number of carbonyl (C=O) groups is 1. The number of aryl methyl sites for hydroxylation is 1. The molecule has 0 bridgehead atoms. The van der Waals surface area contributed by atoms with E-state index in [4.69, 9.17) is 0 Å². The largest absolute Gasteiger partial charge is 0.416 e. The summed E-state index contributed by atoms with van der Waals surface area (Å²) < 4.78 is 38.7. The van der Waals surface area contributed by atoms with Gasteiger partial charge in [-0.2, -0.15) is 13.2 Å². The normalized spacial score (nSPS) is 15.2. The van der Waals surface area contributed by atoms with Crippen molar-refractivity contribution in [1.29, 1.82) is 0 Å². The zero-order chi connectivity index (χ0) is 28.0. The second kappa shape index (κ2) is 12.4. The summed E-state index contributed by atoms with van der Waals surface area (Å²) in [7, 11) is 0. The molecule has 3 aromatic rings. The Hall–Kier alpha value is -3.72. The van der Waals surface area contributed by atoms with Gasteiger partial charge in [-0.15, -0.1) is 0 Å². The van der Waals surface area contributed by atoms with E-state index in [0.29, 0.717) is 18.2 Å². The van der Waals surface area contributed by atoms with E-state index in [1.807, 2.05) is 30.0 Å². The summed E-state index contributed by atoms with van der Waals surface area (Å²) in [4.78, 5) is 26.3. The molecule has 0 unspecified atom stereocenters. The lowest BCUT2D eigenvalue weighted by molar-refractivity contribution is -0.137. The number of rotatable bonds is 8. The molecule has 1 saturated heterocycles. The lowest BCUT2D eigenvalue weighted by Gasteiger charge is -2.39. The fourth-order valence-corrected chi connectivity index (χ4v) is 4.78. The number of anilines is 2. The first kappa shape index (κ1) is 28.3. The van der Waals surface area contributed by atoms with Crippen LogP contribution in [0.5, 0.6) is 0 Å². The van der Waals surface area contributed by atoms with Crippen molar-refractivity contribution in [1.82, 2.24) is 19.8 Å². The summed E-state index contributed by atoms with van der Waals surface area (Å²) in [6.07, 6.45) is 5.55. The SMILES string of the molecule is Cc1cc(Nc2cncc(CN(C(=O)/C=C/c3ccc(C(F)(F)F)cc3)C3CCN(C(C)C)CC3)c2)ccn1. The number of likely N-dealkylation sites (tertiary alicyclic amines) is 1. The quantitative estimate of drug-likeness (QED) is 0.334. The van der Waals surface area contributed by atoms with Crippen molar-refractivity contribution >= 4 is 23.4 Å². The number of hydrogen-bond donors (Lipinski definition) is 1. The number of nitrogens with one attached hydrogen (secondary N) is 1. The first-order valence-electron chi connectivity index (χ1n) is 13.1. The number of aromatic nitrogens is 2. The predicted molar refractivity (Wildman–Crippen MR) is 147 cm³/mol. The minimum atomic E-state index is -4.40. The Morgan fingerprint density at radius 2 is 1.82 bits per heavy atom. The molecule has 1 aliphatic rings. The van der Waals surface area contributed by atoms with Crippen molar-refractivity contribution in [2.24, 2.45) is 0 Å². The van der Waals surface area contributed by atoms with E-state index in [0.717, 1.165) is 60.7 Å². The van der Waals surface area contributed by atoms with Crippen LogP contribution in [0, 0.1) is 6.92 Å². The molecule has 0 spiro atoms. The maximum atomic E-state index is 13.5. The lowest BCUT2D eigenvalue weighted by atomic mass is 10.0. The van der Waals surface area contributed by atoms with E-state index in [-0.39, 0.29) is 11.9 Å². The molecule has 1 amide bonds. The van der Waals surface area contributed by atoms with Gasteiger partial charge in [-0.05, 0) is 81.1 Å². The average molecular weight is 538 g/mol. The summed E-state index contributed by atoms with van der Waals surface area (Å²) >= 11 is 0. The molecule has 1 aromatic carbocycles. The topological polar surface area (TPSA) is 61.4 Å². The number of halogens is 3. The van der Waals surface area contributed by atoms with Crippen LogP contribution in [0.2, 0.25) is 0 Å². The molecular weight excluding hydrogens is 503 g/mol. The molecule has 39 heavy (non-hydrogen) atoms. The molecule has 1 N–H and O–H groups in total.